The summed E-state index contributed by atoms with van der Waals surface area (Å²) in [5, 5.41) is 10.9. The zero-order valence-corrected chi connectivity index (χ0v) is 9.26. The normalized spacial score (nSPS) is 9.67. The number of ether oxygens (including phenoxy) is 1. The molecule has 0 bridgehead atoms. The van der Waals surface area contributed by atoms with Gasteiger partial charge in [-0.25, -0.2) is 4.79 Å². The van der Waals surface area contributed by atoms with E-state index in [4.69, 9.17) is 16.7 Å². The number of unbranched alkanes of at least 4 members (excludes halogenated alkanes) is 2. The van der Waals surface area contributed by atoms with Gasteiger partial charge in [-0.3, -0.25) is 4.79 Å². The van der Waals surface area contributed by atoms with Crippen molar-refractivity contribution >= 4 is 23.7 Å². The number of carboxylic acids is 1. The lowest BCUT2D eigenvalue weighted by molar-refractivity contribution is -0.137. The average molecular weight is 238 g/mol. The molecule has 0 saturated heterocycles. The number of alkyl carbamates (subject to hydrolysis) is 1. The molecule has 2 N–H and O–H groups in total. The maximum atomic E-state index is 10.9. The maximum absolute atomic E-state index is 10.9. The Hall–Kier alpha value is -0.970. The number of alkyl halides is 1. The Morgan fingerprint density at radius 2 is 2.00 bits per heavy atom. The summed E-state index contributed by atoms with van der Waals surface area (Å²) >= 11 is 5.32. The van der Waals surface area contributed by atoms with Crippen molar-refractivity contribution in [3.63, 3.8) is 0 Å². The van der Waals surface area contributed by atoms with Crippen LogP contribution >= 0.6 is 11.6 Å². The number of carboxylic acid groups (broad SMARTS) is 1. The lowest BCUT2D eigenvalue weighted by atomic mass is 10.2. The number of hydrogen-bond donors (Lipinski definition) is 2. The van der Waals surface area contributed by atoms with Gasteiger partial charge in [0, 0.05) is 13.0 Å². The molecule has 0 aliphatic rings. The molecule has 1 amide bonds. The summed E-state index contributed by atoms with van der Waals surface area (Å²) in [6, 6.07) is 0. The second-order valence-electron chi connectivity index (χ2n) is 2.96. The Morgan fingerprint density at radius 1 is 1.27 bits per heavy atom. The summed E-state index contributed by atoms with van der Waals surface area (Å²) in [5.74, 6) is -0.504. The lowest BCUT2D eigenvalue weighted by Crippen LogP contribution is -2.25. The second-order valence-corrected chi connectivity index (χ2v) is 3.33. The number of halogens is 1. The molecule has 0 fully saturated rings. The fourth-order valence-corrected chi connectivity index (χ4v) is 1.03. The van der Waals surface area contributed by atoms with E-state index in [-0.39, 0.29) is 18.9 Å². The van der Waals surface area contributed by atoms with Gasteiger partial charge in [0.15, 0.2) is 0 Å². The number of hydrogen-bond acceptors (Lipinski definition) is 3. The van der Waals surface area contributed by atoms with Gasteiger partial charge in [0.2, 0.25) is 0 Å². The van der Waals surface area contributed by atoms with Crippen molar-refractivity contribution in [3.8, 4) is 0 Å². The Labute approximate surface area is 93.7 Å². The molecule has 0 radical (unpaired) electrons. The molecule has 5 nitrogen and oxygen atoms in total. The molecular formula is C9H16ClNO4. The standard InChI is InChI=1S/C9H16ClNO4/c10-5-7-15-9(14)11-6-3-1-2-4-8(12)13/h1-7H2,(H,11,14)(H,12,13). The SMILES string of the molecule is O=C(O)CCCCCNC(=O)OCCCl. The molecule has 0 aliphatic carbocycles. The van der Waals surface area contributed by atoms with E-state index in [2.05, 4.69) is 10.1 Å². The van der Waals surface area contributed by atoms with Crippen LogP contribution in [0.1, 0.15) is 25.7 Å². The molecule has 0 spiro atoms. The van der Waals surface area contributed by atoms with E-state index in [1.54, 1.807) is 0 Å². The van der Waals surface area contributed by atoms with E-state index in [9.17, 15) is 9.59 Å². The molecule has 0 aromatic carbocycles. The van der Waals surface area contributed by atoms with Crippen LogP contribution in [-0.4, -0.2) is 36.2 Å². The topological polar surface area (TPSA) is 75.6 Å². The predicted octanol–water partition coefficient (Wildman–Crippen LogP) is 1.60. The highest BCUT2D eigenvalue weighted by molar-refractivity contribution is 6.18. The van der Waals surface area contributed by atoms with Crippen molar-refractivity contribution in [2.45, 2.75) is 25.7 Å². The van der Waals surface area contributed by atoms with Crippen molar-refractivity contribution in [1.82, 2.24) is 5.32 Å². The number of amides is 1. The van der Waals surface area contributed by atoms with Crippen LogP contribution in [0, 0.1) is 0 Å². The number of aliphatic carboxylic acids is 1. The van der Waals surface area contributed by atoms with Crippen LogP contribution in [0.2, 0.25) is 0 Å². The van der Waals surface area contributed by atoms with E-state index in [1.165, 1.54) is 0 Å². The van der Waals surface area contributed by atoms with Crippen LogP contribution in [0.15, 0.2) is 0 Å². The number of nitrogens with one attached hydrogen (secondary N) is 1. The van der Waals surface area contributed by atoms with Gasteiger partial charge in [-0.15, -0.1) is 11.6 Å². The molecule has 0 heterocycles. The largest absolute Gasteiger partial charge is 0.481 e. The summed E-state index contributed by atoms with van der Waals surface area (Å²) < 4.78 is 4.66. The molecule has 0 aromatic rings. The van der Waals surface area contributed by atoms with E-state index in [0.717, 1.165) is 12.8 Å². The Bertz CT molecular complexity index is 199. The third-order valence-corrected chi connectivity index (χ3v) is 1.80. The van der Waals surface area contributed by atoms with E-state index >= 15 is 0 Å². The van der Waals surface area contributed by atoms with Crippen LogP contribution in [0.25, 0.3) is 0 Å². The maximum Gasteiger partial charge on any atom is 0.407 e. The summed E-state index contributed by atoms with van der Waals surface area (Å²) in [5.41, 5.74) is 0. The summed E-state index contributed by atoms with van der Waals surface area (Å²) in [4.78, 5) is 21.0. The van der Waals surface area contributed by atoms with E-state index in [1.807, 2.05) is 0 Å². The van der Waals surface area contributed by atoms with Gasteiger partial charge in [0.1, 0.15) is 6.61 Å². The van der Waals surface area contributed by atoms with Gasteiger partial charge in [0.25, 0.3) is 0 Å². The smallest absolute Gasteiger partial charge is 0.407 e. The van der Waals surface area contributed by atoms with Crippen LogP contribution in [-0.2, 0) is 9.53 Å². The quantitative estimate of drug-likeness (QED) is 0.497. The molecule has 0 atom stereocenters. The van der Waals surface area contributed by atoms with Crippen molar-refractivity contribution in [3.05, 3.63) is 0 Å². The Morgan fingerprint density at radius 3 is 2.60 bits per heavy atom. The summed E-state index contributed by atoms with van der Waals surface area (Å²) in [6.07, 6.45) is 1.87. The number of rotatable bonds is 8. The molecular weight excluding hydrogens is 222 g/mol. The minimum absolute atomic E-state index is 0.177. The van der Waals surface area contributed by atoms with Crippen LogP contribution in [0.3, 0.4) is 0 Å². The first-order chi connectivity index (χ1) is 7.16. The number of carbonyl (C=O) groups excluding carboxylic acids is 1. The molecule has 0 saturated carbocycles. The molecule has 88 valence electrons. The van der Waals surface area contributed by atoms with Gasteiger partial charge < -0.3 is 15.2 Å². The minimum atomic E-state index is -0.788. The summed E-state index contributed by atoms with van der Waals surface area (Å²) in [6.45, 7) is 0.702. The molecule has 15 heavy (non-hydrogen) atoms. The van der Waals surface area contributed by atoms with Crippen LogP contribution < -0.4 is 5.32 Å². The zero-order chi connectivity index (χ0) is 11.5. The van der Waals surface area contributed by atoms with Crippen molar-refractivity contribution < 1.29 is 19.4 Å². The van der Waals surface area contributed by atoms with Gasteiger partial charge in [-0.05, 0) is 12.8 Å². The highest BCUT2D eigenvalue weighted by Gasteiger charge is 2.00. The zero-order valence-electron chi connectivity index (χ0n) is 8.50. The molecule has 0 aromatic heterocycles. The monoisotopic (exact) mass is 237 g/mol. The fraction of sp³-hybridized carbons (Fsp3) is 0.778. The molecule has 0 rings (SSSR count). The highest BCUT2D eigenvalue weighted by Crippen LogP contribution is 1.98. The molecule has 6 heteroatoms. The number of carbonyl (C=O) groups is 2. The molecule has 0 unspecified atom stereocenters. The third kappa shape index (κ3) is 11.0. The highest BCUT2D eigenvalue weighted by atomic mass is 35.5. The Kier molecular flexibility index (Phi) is 8.96. The first-order valence-electron chi connectivity index (χ1n) is 4.85. The molecule has 0 aliphatic heterocycles. The lowest BCUT2D eigenvalue weighted by Gasteiger charge is -2.04. The van der Waals surface area contributed by atoms with Gasteiger partial charge in [-0.1, -0.05) is 6.42 Å². The van der Waals surface area contributed by atoms with Crippen LogP contribution in [0.5, 0.6) is 0 Å². The van der Waals surface area contributed by atoms with Crippen molar-refractivity contribution in [1.29, 1.82) is 0 Å². The van der Waals surface area contributed by atoms with Gasteiger partial charge in [0.05, 0.1) is 5.88 Å². The Balaban J connectivity index is 3.16. The minimum Gasteiger partial charge on any atom is -0.481 e. The first kappa shape index (κ1) is 14.0. The van der Waals surface area contributed by atoms with Crippen molar-refractivity contribution in [2.24, 2.45) is 0 Å². The fourth-order valence-electron chi connectivity index (χ4n) is 0.951. The first-order valence-corrected chi connectivity index (χ1v) is 5.38. The second kappa shape index (κ2) is 9.58. The summed E-state index contributed by atoms with van der Waals surface area (Å²) in [7, 11) is 0. The van der Waals surface area contributed by atoms with Crippen LogP contribution in [0.4, 0.5) is 4.79 Å². The predicted molar refractivity (Wildman–Crippen MR) is 56.2 cm³/mol. The van der Waals surface area contributed by atoms with Crippen molar-refractivity contribution in [2.75, 3.05) is 19.0 Å². The third-order valence-electron chi connectivity index (χ3n) is 1.65. The van der Waals surface area contributed by atoms with E-state index in [0.29, 0.717) is 13.0 Å². The van der Waals surface area contributed by atoms with Gasteiger partial charge in [-0.2, -0.15) is 0 Å². The van der Waals surface area contributed by atoms with E-state index < -0.39 is 12.1 Å². The van der Waals surface area contributed by atoms with Gasteiger partial charge >= 0.3 is 12.1 Å². The average Bonchev–Trinajstić information content (AvgIpc) is 2.19.